The van der Waals surface area contributed by atoms with Crippen molar-refractivity contribution in [2.45, 2.75) is 52.0 Å². The molecule has 0 fully saturated rings. The summed E-state index contributed by atoms with van der Waals surface area (Å²) in [5, 5.41) is 12.7. The van der Waals surface area contributed by atoms with Gasteiger partial charge in [0.15, 0.2) is 5.82 Å². The lowest BCUT2D eigenvalue weighted by molar-refractivity contribution is -0.114. The van der Waals surface area contributed by atoms with Crippen molar-refractivity contribution in [2.24, 2.45) is 11.7 Å². The molecule has 2 atom stereocenters. The molecule has 0 saturated heterocycles. The molecule has 0 bridgehead atoms. The molecule has 3 aromatic heterocycles. The van der Waals surface area contributed by atoms with E-state index in [4.69, 9.17) is 5.73 Å². The molecule has 9 heteroatoms. The fourth-order valence-corrected chi connectivity index (χ4v) is 4.26. The number of primary amides is 1. The van der Waals surface area contributed by atoms with E-state index in [-0.39, 0.29) is 5.92 Å². The van der Waals surface area contributed by atoms with Crippen LogP contribution in [0.5, 0.6) is 0 Å². The minimum atomic E-state index is -0.829. The topological polar surface area (TPSA) is 125 Å². The van der Waals surface area contributed by atoms with Crippen molar-refractivity contribution < 1.29 is 4.79 Å². The van der Waals surface area contributed by atoms with Crippen molar-refractivity contribution in [1.29, 1.82) is 0 Å². The third-order valence-electron chi connectivity index (χ3n) is 6.03. The predicted octanol–water partition coefficient (Wildman–Crippen LogP) is 2.76. The summed E-state index contributed by atoms with van der Waals surface area (Å²) in [6, 6.07) is 3.93. The summed E-state index contributed by atoms with van der Waals surface area (Å²) in [5.74, 6) is 0.375. The van der Waals surface area contributed by atoms with Crippen LogP contribution < -0.4 is 5.73 Å². The van der Waals surface area contributed by atoms with Gasteiger partial charge in [-0.3, -0.25) is 19.7 Å². The maximum absolute atomic E-state index is 12.5. The van der Waals surface area contributed by atoms with E-state index in [1.165, 1.54) is 0 Å². The standard InChI is InChI=1S/C24H28N8O/c1-15(2)9-22-29-30-31-32(22)24(17(4)21-14-26-7-8-27-21)11-18(10-19(12-24)23(25)33)20-6-5-16(3)13-28-20/h5-8,10-11,13-15,17H,9,12H2,1-4H3,(H2,25,33). The molecular formula is C24H28N8O. The van der Waals surface area contributed by atoms with Gasteiger partial charge >= 0.3 is 0 Å². The SMILES string of the molecule is Cc1ccc(C2=CC(C(C)c3cnccn3)(n3nnnc3CC(C)C)CC(C(N)=O)=C2)nc1. The summed E-state index contributed by atoms with van der Waals surface area (Å²) in [5.41, 5.74) is 8.82. The van der Waals surface area contributed by atoms with E-state index in [1.54, 1.807) is 24.8 Å². The molecule has 0 aliphatic heterocycles. The van der Waals surface area contributed by atoms with Crippen LogP contribution in [0.1, 0.15) is 55.9 Å². The first-order valence-electron chi connectivity index (χ1n) is 11.0. The summed E-state index contributed by atoms with van der Waals surface area (Å²) in [7, 11) is 0. The molecule has 4 rings (SSSR count). The van der Waals surface area contributed by atoms with Crippen LogP contribution in [0.3, 0.4) is 0 Å². The number of amides is 1. The minimum Gasteiger partial charge on any atom is -0.366 e. The molecule has 1 aliphatic carbocycles. The molecular weight excluding hydrogens is 416 g/mol. The molecule has 1 amide bonds. The number of pyridine rings is 1. The zero-order valence-corrected chi connectivity index (χ0v) is 19.3. The number of aromatic nitrogens is 7. The van der Waals surface area contributed by atoms with E-state index < -0.39 is 11.4 Å². The van der Waals surface area contributed by atoms with Crippen LogP contribution in [0.2, 0.25) is 0 Å². The first-order chi connectivity index (χ1) is 15.8. The molecule has 170 valence electrons. The molecule has 2 N–H and O–H groups in total. The molecule has 0 saturated carbocycles. The van der Waals surface area contributed by atoms with Gasteiger partial charge in [0.25, 0.3) is 0 Å². The second-order valence-corrected chi connectivity index (χ2v) is 8.98. The number of allylic oxidation sites excluding steroid dienone is 3. The van der Waals surface area contributed by atoms with Gasteiger partial charge in [-0.15, -0.1) is 5.10 Å². The second kappa shape index (κ2) is 9.01. The molecule has 0 radical (unpaired) electrons. The lowest BCUT2D eigenvalue weighted by atomic mass is 9.73. The second-order valence-electron chi connectivity index (χ2n) is 8.98. The van der Waals surface area contributed by atoms with Gasteiger partial charge in [-0.1, -0.05) is 26.8 Å². The Balaban J connectivity index is 1.97. The normalized spacial score (nSPS) is 19.2. The van der Waals surface area contributed by atoms with Gasteiger partial charge in [-0.25, -0.2) is 4.68 Å². The number of carbonyl (C=O) groups is 1. The van der Waals surface area contributed by atoms with Crippen LogP contribution in [0.25, 0.3) is 5.57 Å². The summed E-state index contributed by atoms with van der Waals surface area (Å²) in [4.78, 5) is 25.9. The monoisotopic (exact) mass is 444 g/mol. The van der Waals surface area contributed by atoms with Gasteiger partial charge in [0.1, 0.15) is 0 Å². The molecule has 3 heterocycles. The third-order valence-corrected chi connectivity index (χ3v) is 6.03. The smallest absolute Gasteiger partial charge is 0.244 e. The zero-order chi connectivity index (χ0) is 23.6. The van der Waals surface area contributed by atoms with Crippen LogP contribution in [0, 0.1) is 12.8 Å². The molecule has 33 heavy (non-hydrogen) atoms. The summed E-state index contributed by atoms with van der Waals surface area (Å²) < 4.78 is 1.83. The van der Waals surface area contributed by atoms with Gasteiger partial charge < -0.3 is 5.73 Å². The van der Waals surface area contributed by atoms with Crippen molar-refractivity contribution >= 4 is 11.5 Å². The molecule has 9 nitrogen and oxygen atoms in total. The van der Waals surface area contributed by atoms with Crippen molar-refractivity contribution in [2.75, 3.05) is 0 Å². The van der Waals surface area contributed by atoms with Gasteiger partial charge in [0, 0.05) is 49.1 Å². The number of nitrogens with zero attached hydrogens (tertiary/aromatic N) is 7. The number of hydrogen-bond donors (Lipinski definition) is 1. The maximum Gasteiger partial charge on any atom is 0.244 e. The van der Waals surface area contributed by atoms with Crippen LogP contribution >= 0.6 is 0 Å². The Labute approximate surface area is 192 Å². The van der Waals surface area contributed by atoms with Gasteiger partial charge in [0.2, 0.25) is 5.91 Å². The van der Waals surface area contributed by atoms with E-state index in [9.17, 15) is 4.79 Å². The van der Waals surface area contributed by atoms with E-state index in [1.807, 2.05) is 36.7 Å². The van der Waals surface area contributed by atoms with E-state index >= 15 is 0 Å². The number of aryl methyl sites for hydroxylation is 1. The Hall–Kier alpha value is -3.75. The highest BCUT2D eigenvalue weighted by Crippen LogP contribution is 2.45. The first kappa shape index (κ1) is 22.4. The molecule has 2 unspecified atom stereocenters. The number of tetrazole rings is 1. The van der Waals surface area contributed by atoms with Crippen molar-refractivity contribution in [3.63, 3.8) is 0 Å². The molecule has 0 aromatic carbocycles. The highest BCUT2D eigenvalue weighted by atomic mass is 16.1. The third kappa shape index (κ3) is 4.44. The quantitative estimate of drug-likeness (QED) is 0.594. The zero-order valence-electron chi connectivity index (χ0n) is 19.3. The lowest BCUT2D eigenvalue weighted by Gasteiger charge is -2.39. The Morgan fingerprint density at radius 2 is 2.00 bits per heavy atom. The van der Waals surface area contributed by atoms with Crippen LogP contribution in [-0.2, 0) is 16.8 Å². The number of carbonyl (C=O) groups excluding carboxylic acids is 1. The fraction of sp³-hybridized carbons (Fsp3) is 0.375. The van der Waals surface area contributed by atoms with Gasteiger partial charge in [-0.2, -0.15) is 0 Å². The average Bonchev–Trinajstić information content (AvgIpc) is 3.27. The summed E-state index contributed by atoms with van der Waals surface area (Å²) >= 11 is 0. The van der Waals surface area contributed by atoms with Crippen molar-refractivity contribution in [3.05, 3.63) is 77.4 Å². The number of hydrogen-bond acceptors (Lipinski definition) is 7. The van der Waals surface area contributed by atoms with Crippen LogP contribution in [0.4, 0.5) is 0 Å². The highest BCUT2D eigenvalue weighted by molar-refractivity contribution is 5.96. The highest BCUT2D eigenvalue weighted by Gasteiger charge is 2.44. The van der Waals surface area contributed by atoms with Gasteiger partial charge in [-0.05, 0) is 52.6 Å². The van der Waals surface area contributed by atoms with E-state index in [0.717, 1.165) is 28.3 Å². The molecule has 0 spiro atoms. The van der Waals surface area contributed by atoms with E-state index in [2.05, 4.69) is 50.4 Å². The molecule has 1 aliphatic rings. The Kier molecular flexibility index (Phi) is 6.13. The Morgan fingerprint density at radius 1 is 1.18 bits per heavy atom. The van der Waals surface area contributed by atoms with Crippen molar-refractivity contribution in [3.8, 4) is 0 Å². The Morgan fingerprint density at radius 3 is 2.64 bits per heavy atom. The first-order valence-corrected chi connectivity index (χ1v) is 11.0. The number of nitrogens with two attached hydrogens (primary N) is 1. The molecule has 3 aromatic rings. The Bertz CT molecular complexity index is 1200. The van der Waals surface area contributed by atoms with E-state index in [0.29, 0.717) is 24.3 Å². The lowest BCUT2D eigenvalue weighted by Crippen LogP contribution is -2.43. The maximum atomic E-state index is 12.5. The largest absolute Gasteiger partial charge is 0.366 e. The summed E-state index contributed by atoms with van der Waals surface area (Å²) in [6.45, 7) is 8.26. The predicted molar refractivity (Wildman–Crippen MR) is 124 cm³/mol. The fourth-order valence-electron chi connectivity index (χ4n) is 4.26. The minimum absolute atomic E-state index is 0.218. The number of rotatable bonds is 7. The van der Waals surface area contributed by atoms with Gasteiger partial charge in [0.05, 0.1) is 16.9 Å². The summed E-state index contributed by atoms with van der Waals surface area (Å²) in [6.07, 6.45) is 11.8. The average molecular weight is 445 g/mol. The van der Waals surface area contributed by atoms with Crippen LogP contribution in [0.15, 0.2) is 54.6 Å². The van der Waals surface area contributed by atoms with Crippen molar-refractivity contribution in [1.82, 2.24) is 35.2 Å². The van der Waals surface area contributed by atoms with Crippen LogP contribution in [-0.4, -0.2) is 41.1 Å².